The Kier molecular flexibility index (Phi) is 5.42. The number of carbonyl (C=O) groups excluding carboxylic acids is 1. The van der Waals surface area contributed by atoms with Crippen LogP contribution in [0.5, 0.6) is 0 Å². The largest absolute Gasteiger partial charge is 0.457 e. The first-order chi connectivity index (χ1) is 15.2. The van der Waals surface area contributed by atoms with Crippen molar-refractivity contribution in [2.24, 2.45) is 0 Å². The molecule has 0 spiro atoms. The fourth-order valence-corrected chi connectivity index (χ4v) is 6.17. The van der Waals surface area contributed by atoms with Crippen LogP contribution in [0.1, 0.15) is 58.5 Å². The van der Waals surface area contributed by atoms with Crippen LogP contribution in [0.4, 0.5) is 0 Å². The van der Waals surface area contributed by atoms with Gasteiger partial charge in [0.15, 0.2) is 15.5 Å². The smallest absolute Gasteiger partial charge is 0.339 e. The molecule has 168 valence electrons. The van der Waals surface area contributed by atoms with Crippen molar-refractivity contribution in [3.63, 3.8) is 0 Å². The lowest BCUT2D eigenvalue weighted by Gasteiger charge is -2.12. The van der Waals surface area contributed by atoms with Crippen LogP contribution >= 0.6 is 23.2 Å². The van der Waals surface area contributed by atoms with E-state index >= 15 is 0 Å². The van der Waals surface area contributed by atoms with Crippen molar-refractivity contribution < 1.29 is 17.9 Å². The first kappa shape index (κ1) is 21.7. The van der Waals surface area contributed by atoms with Gasteiger partial charge in [-0.3, -0.25) is 0 Å². The Hall–Kier alpha value is -2.16. The third-order valence-corrected chi connectivity index (χ3v) is 8.47. The second-order valence-corrected chi connectivity index (χ2v) is 11.5. The van der Waals surface area contributed by atoms with Crippen LogP contribution in [0.2, 0.25) is 10.0 Å². The molecule has 32 heavy (non-hydrogen) atoms. The van der Waals surface area contributed by atoms with Crippen LogP contribution < -0.4 is 0 Å². The van der Waals surface area contributed by atoms with Gasteiger partial charge in [0.05, 0.1) is 44.2 Å². The standard InChI is InChI=1S/C22H21Cl2N3O4S/c1-12-20-16(22(28)31-10-13-2-5-17(23)18(24)8-13)9-19(14-3-4-14)25-21(20)27(26-12)15-6-7-32(29,30)11-15/h2,5,8-9,14-15H,3-4,6-7,10-11H2,1H3. The predicted octanol–water partition coefficient (Wildman–Crippen LogP) is 4.64. The topological polar surface area (TPSA) is 91.1 Å². The quantitative estimate of drug-likeness (QED) is 0.480. The number of hydrogen-bond donors (Lipinski definition) is 0. The molecule has 0 amide bonds. The van der Waals surface area contributed by atoms with E-state index in [1.165, 1.54) is 0 Å². The predicted molar refractivity (Wildman–Crippen MR) is 122 cm³/mol. The van der Waals surface area contributed by atoms with Gasteiger partial charge >= 0.3 is 5.97 Å². The molecule has 1 saturated heterocycles. The van der Waals surface area contributed by atoms with Crippen molar-refractivity contribution in [1.82, 2.24) is 14.8 Å². The summed E-state index contributed by atoms with van der Waals surface area (Å²) < 4.78 is 31.3. The summed E-state index contributed by atoms with van der Waals surface area (Å²) in [5.41, 5.74) is 3.13. The number of hydrogen-bond acceptors (Lipinski definition) is 6. The van der Waals surface area contributed by atoms with E-state index in [0.717, 1.165) is 24.1 Å². The lowest BCUT2D eigenvalue weighted by Crippen LogP contribution is -2.14. The minimum atomic E-state index is -3.09. The highest BCUT2D eigenvalue weighted by Gasteiger charge is 2.34. The highest BCUT2D eigenvalue weighted by molar-refractivity contribution is 7.91. The molecule has 1 aromatic carbocycles. The van der Waals surface area contributed by atoms with Crippen molar-refractivity contribution in [3.05, 3.63) is 56.8 Å². The molecular formula is C22H21Cl2N3O4S. The number of ether oxygens (including phenoxy) is 1. The van der Waals surface area contributed by atoms with Gasteiger partial charge in [-0.2, -0.15) is 5.10 Å². The lowest BCUT2D eigenvalue weighted by molar-refractivity contribution is 0.0475. The molecule has 1 unspecified atom stereocenters. The molecule has 3 heterocycles. The van der Waals surface area contributed by atoms with Crippen LogP contribution in [0.25, 0.3) is 11.0 Å². The number of fused-ring (bicyclic) bond motifs is 1. The van der Waals surface area contributed by atoms with Crippen LogP contribution in [0, 0.1) is 6.92 Å². The number of sulfone groups is 1. The zero-order valence-electron chi connectivity index (χ0n) is 17.3. The molecule has 1 aliphatic carbocycles. The molecule has 0 radical (unpaired) electrons. The average molecular weight is 494 g/mol. The SMILES string of the molecule is Cc1nn(C2CCS(=O)(=O)C2)c2nc(C3CC3)cc(C(=O)OCc3ccc(Cl)c(Cl)c3)c12. The summed E-state index contributed by atoms with van der Waals surface area (Å²) in [6.45, 7) is 1.85. The molecule has 0 bridgehead atoms. The molecule has 2 fully saturated rings. The molecule has 0 N–H and O–H groups in total. The maximum Gasteiger partial charge on any atom is 0.339 e. The second-order valence-electron chi connectivity index (χ2n) is 8.48. The Labute approximate surface area is 195 Å². The third-order valence-electron chi connectivity index (χ3n) is 5.98. The summed E-state index contributed by atoms with van der Waals surface area (Å²) in [6.07, 6.45) is 2.52. The highest BCUT2D eigenvalue weighted by Crippen LogP contribution is 2.41. The summed E-state index contributed by atoms with van der Waals surface area (Å²) >= 11 is 12.0. The van der Waals surface area contributed by atoms with E-state index < -0.39 is 15.8 Å². The first-order valence-corrected chi connectivity index (χ1v) is 13.0. The van der Waals surface area contributed by atoms with Crippen molar-refractivity contribution in [3.8, 4) is 0 Å². The van der Waals surface area contributed by atoms with Gasteiger partial charge in [-0.15, -0.1) is 0 Å². The van der Waals surface area contributed by atoms with E-state index in [2.05, 4.69) is 5.10 Å². The maximum atomic E-state index is 13.1. The number of aryl methyl sites for hydroxylation is 1. The zero-order valence-corrected chi connectivity index (χ0v) is 19.7. The Morgan fingerprint density at radius 1 is 1.19 bits per heavy atom. The van der Waals surface area contributed by atoms with Crippen molar-refractivity contribution in [2.75, 3.05) is 11.5 Å². The number of aromatic nitrogens is 3. The molecule has 2 aromatic heterocycles. The van der Waals surface area contributed by atoms with Crippen molar-refractivity contribution in [1.29, 1.82) is 0 Å². The summed E-state index contributed by atoms with van der Waals surface area (Å²) in [7, 11) is -3.09. The van der Waals surface area contributed by atoms with Crippen molar-refractivity contribution >= 4 is 50.0 Å². The van der Waals surface area contributed by atoms with Gasteiger partial charge in [0.1, 0.15) is 6.61 Å². The van der Waals surface area contributed by atoms with Gasteiger partial charge < -0.3 is 4.74 Å². The maximum absolute atomic E-state index is 13.1. The van der Waals surface area contributed by atoms with E-state index in [-0.39, 0.29) is 24.2 Å². The third kappa shape index (κ3) is 4.11. The van der Waals surface area contributed by atoms with E-state index in [1.54, 1.807) is 35.9 Å². The number of halogens is 2. The summed E-state index contributed by atoms with van der Waals surface area (Å²) in [5, 5.41) is 6.03. The minimum Gasteiger partial charge on any atom is -0.457 e. The fraction of sp³-hybridized carbons (Fsp3) is 0.409. The van der Waals surface area contributed by atoms with Gasteiger partial charge in [0.2, 0.25) is 0 Å². The number of pyridine rings is 1. The van der Waals surface area contributed by atoms with E-state index in [4.69, 9.17) is 32.9 Å². The molecule has 3 aromatic rings. The Morgan fingerprint density at radius 2 is 1.97 bits per heavy atom. The number of esters is 1. The molecule has 1 aliphatic heterocycles. The Balaban J connectivity index is 1.51. The van der Waals surface area contributed by atoms with Crippen LogP contribution in [0.3, 0.4) is 0 Å². The number of rotatable bonds is 5. The van der Waals surface area contributed by atoms with Gasteiger partial charge in [0.25, 0.3) is 0 Å². The summed E-state index contributed by atoms with van der Waals surface area (Å²) in [6, 6.07) is 6.59. The number of carbonyl (C=O) groups is 1. The second kappa shape index (κ2) is 8.01. The number of nitrogens with zero attached hydrogens (tertiary/aromatic N) is 3. The lowest BCUT2D eigenvalue weighted by atomic mass is 10.1. The summed E-state index contributed by atoms with van der Waals surface area (Å²) in [5.74, 6) is -0.00161. The molecule has 7 nitrogen and oxygen atoms in total. The van der Waals surface area contributed by atoms with Crippen LogP contribution in [-0.2, 0) is 21.2 Å². The molecule has 2 aliphatic rings. The first-order valence-electron chi connectivity index (χ1n) is 10.4. The molecule has 5 rings (SSSR count). The average Bonchev–Trinajstić information content (AvgIpc) is 3.47. The van der Waals surface area contributed by atoms with Gasteiger partial charge in [-0.25, -0.2) is 22.9 Å². The van der Waals surface area contributed by atoms with Crippen LogP contribution in [-0.4, -0.2) is 40.7 Å². The van der Waals surface area contributed by atoms with Gasteiger partial charge in [-0.1, -0.05) is 29.3 Å². The minimum absolute atomic E-state index is 0.0374. The highest BCUT2D eigenvalue weighted by atomic mass is 35.5. The number of benzene rings is 1. The van der Waals surface area contributed by atoms with Crippen molar-refractivity contribution in [2.45, 2.75) is 44.8 Å². The summed E-state index contributed by atoms with van der Waals surface area (Å²) in [4.78, 5) is 17.9. The normalized spacial score (nSPS) is 20.0. The molecule has 10 heteroatoms. The van der Waals surface area contributed by atoms with Crippen LogP contribution in [0.15, 0.2) is 24.3 Å². The van der Waals surface area contributed by atoms with E-state index in [0.29, 0.717) is 44.7 Å². The van der Waals surface area contributed by atoms with Gasteiger partial charge in [-0.05, 0) is 49.9 Å². The Morgan fingerprint density at radius 3 is 2.62 bits per heavy atom. The molecule has 1 atom stereocenters. The van der Waals surface area contributed by atoms with Gasteiger partial charge in [0, 0.05) is 11.6 Å². The monoisotopic (exact) mass is 493 g/mol. The molecule has 1 saturated carbocycles. The van der Waals surface area contributed by atoms with E-state index in [9.17, 15) is 13.2 Å². The fourth-order valence-electron chi connectivity index (χ4n) is 4.16. The Bertz CT molecular complexity index is 1350. The van der Waals surface area contributed by atoms with E-state index in [1.807, 2.05) is 0 Å². The molecular weight excluding hydrogens is 473 g/mol. The zero-order chi connectivity index (χ0) is 22.6.